The van der Waals surface area contributed by atoms with Crippen LogP contribution in [0.1, 0.15) is 5.56 Å². The molecule has 0 spiro atoms. The average Bonchev–Trinajstić information content (AvgIpc) is 2.90. The van der Waals surface area contributed by atoms with Crippen molar-refractivity contribution in [3.05, 3.63) is 54.1 Å². The topological polar surface area (TPSA) is 49.6 Å². The summed E-state index contributed by atoms with van der Waals surface area (Å²) in [5, 5.41) is 1.15. The molecule has 5 heteroatoms. The van der Waals surface area contributed by atoms with Crippen LogP contribution in [0.25, 0.3) is 0 Å². The van der Waals surface area contributed by atoms with Gasteiger partial charge in [0.1, 0.15) is 7.85 Å². The number of nitrogens with zero attached hydrogens (tertiary/aromatic N) is 2. The minimum absolute atomic E-state index is 0.236. The van der Waals surface area contributed by atoms with E-state index < -0.39 is 0 Å². The Morgan fingerprint density at radius 1 is 1.15 bits per heavy atom. The van der Waals surface area contributed by atoms with Gasteiger partial charge in [0.2, 0.25) is 0 Å². The maximum absolute atomic E-state index is 12.5. The van der Waals surface area contributed by atoms with Gasteiger partial charge >= 0.3 is 6.03 Å². The number of para-hydroxylation sites is 1. The lowest BCUT2D eigenvalue weighted by Crippen LogP contribution is -2.47. The quantitative estimate of drug-likeness (QED) is 0.365. The van der Waals surface area contributed by atoms with Crippen molar-refractivity contribution in [3.8, 4) is 0 Å². The van der Waals surface area contributed by atoms with E-state index in [1.54, 1.807) is 29.2 Å². The number of rotatable bonds is 1. The van der Waals surface area contributed by atoms with Crippen LogP contribution < -0.4 is 21.2 Å². The third-order valence-electron chi connectivity index (χ3n) is 3.50. The number of hydrazine groups is 1. The Kier molecular flexibility index (Phi) is 3.20. The molecule has 3 rings (SSSR count). The van der Waals surface area contributed by atoms with Gasteiger partial charge < -0.3 is 0 Å². The highest BCUT2D eigenvalue weighted by atomic mass is 16.2. The van der Waals surface area contributed by atoms with Crippen LogP contribution in [-0.4, -0.2) is 20.4 Å². The second-order valence-electron chi connectivity index (χ2n) is 4.77. The standard InChI is InChI=1S/C15H14BN3O/c16-12-5-7-13(8-6-12)19(17)15(20)18-10-9-11-3-1-2-4-14(11)18/h1-8H,9-10,17H2. The average molecular weight is 263 g/mol. The van der Waals surface area contributed by atoms with Crippen molar-refractivity contribution in [2.75, 3.05) is 16.5 Å². The largest absolute Gasteiger partial charge is 0.343 e. The van der Waals surface area contributed by atoms with Crippen LogP contribution >= 0.6 is 0 Å². The smallest absolute Gasteiger partial charge is 0.292 e. The number of fused-ring (bicyclic) bond motifs is 1. The van der Waals surface area contributed by atoms with Crippen LogP contribution in [0.2, 0.25) is 0 Å². The molecule has 1 aliphatic rings. The fourth-order valence-corrected chi connectivity index (χ4v) is 2.41. The van der Waals surface area contributed by atoms with Gasteiger partial charge in [0, 0.05) is 12.2 Å². The van der Waals surface area contributed by atoms with E-state index >= 15 is 0 Å². The molecule has 1 aliphatic heterocycles. The summed E-state index contributed by atoms with van der Waals surface area (Å²) in [4.78, 5) is 14.2. The Morgan fingerprint density at radius 3 is 2.60 bits per heavy atom. The van der Waals surface area contributed by atoms with Gasteiger partial charge in [0.15, 0.2) is 0 Å². The molecule has 1 heterocycles. The molecule has 2 N–H and O–H groups in total. The summed E-state index contributed by atoms with van der Waals surface area (Å²) in [6.45, 7) is 0.654. The number of nitrogens with two attached hydrogens (primary N) is 1. The molecule has 0 fully saturated rings. The van der Waals surface area contributed by atoms with E-state index in [4.69, 9.17) is 13.7 Å². The summed E-state index contributed by atoms with van der Waals surface area (Å²) >= 11 is 0. The fraction of sp³-hybridized carbons (Fsp3) is 0.133. The van der Waals surface area contributed by atoms with Gasteiger partial charge in [-0.15, -0.1) is 0 Å². The highest BCUT2D eigenvalue weighted by Crippen LogP contribution is 2.28. The predicted molar refractivity (Wildman–Crippen MR) is 81.4 cm³/mol. The summed E-state index contributed by atoms with van der Waals surface area (Å²) in [5.41, 5.74) is 3.37. The molecule has 2 aromatic carbocycles. The summed E-state index contributed by atoms with van der Waals surface area (Å²) in [6, 6.07) is 14.6. The molecular weight excluding hydrogens is 249 g/mol. The van der Waals surface area contributed by atoms with Gasteiger partial charge in [0.05, 0.1) is 5.69 Å². The van der Waals surface area contributed by atoms with Crippen LogP contribution in [0.15, 0.2) is 48.5 Å². The van der Waals surface area contributed by atoms with Gasteiger partial charge in [-0.3, -0.25) is 4.90 Å². The Balaban J connectivity index is 1.85. The Bertz CT molecular complexity index is 642. The molecule has 98 valence electrons. The molecule has 0 saturated heterocycles. The lowest BCUT2D eigenvalue weighted by Gasteiger charge is -2.24. The van der Waals surface area contributed by atoms with E-state index in [9.17, 15) is 4.79 Å². The van der Waals surface area contributed by atoms with Crippen molar-refractivity contribution in [2.45, 2.75) is 6.42 Å². The van der Waals surface area contributed by atoms with Crippen LogP contribution in [-0.2, 0) is 6.42 Å². The molecule has 4 nitrogen and oxygen atoms in total. The second kappa shape index (κ2) is 5.02. The number of hydrogen-bond acceptors (Lipinski definition) is 2. The SMILES string of the molecule is [B]c1ccc(N(N)C(=O)N2CCc3ccccc32)cc1. The second-order valence-corrected chi connectivity index (χ2v) is 4.77. The summed E-state index contributed by atoms with van der Waals surface area (Å²) in [7, 11) is 5.63. The minimum Gasteiger partial charge on any atom is -0.292 e. The van der Waals surface area contributed by atoms with Crippen molar-refractivity contribution in [1.29, 1.82) is 0 Å². The molecule has 0 atom stereocenters. The minimum atomic E-state index is -0.236. The number of carbonyl (C=O) groups is 1. The molecule has 20 heavy (non-hydrogen) atoms. The molecule has 2 aromatic rings. The number of urea groups is 1. The van der Waals surface area contributed by atoms with Gasteiger partial charge in [0.25, 0.3) is 0 Å². The molecular formula is C15H14BN3O. The molecule has 2 amide bonds. The highest BCUT2D eigenvalue weighted by Gasteiger charge is 2.27. The first kappa shape index (κ1) is 12.8. The van der Waals surface area contributed by atoms with E-state index in [0.717, 1.165) is 17.1 Å². The molecule has 0 unspecified atom stereocenters. The first-order chi connectivity index (χ1) is 9.66. The summed E-state index contributed by atoms with van der Waals surface area (Å²) < 4.78 is 0. The lowest BCUT2D eigenvalue weighted by molar-refractivity contribution is 0.252. The van der Waals surface area contributed by atoms with Crippen LogP contribution in [0.4, 0.5) is 16.2 Å². The zero-order valence-corrected chi connectivity index (χ0v) is 11.0. The van der Waals surface area contributed by atoms with Crippen molar-refractivity contribution < 1.29 is 4.79 Å². The first-order valence-electron chi connectivity index (χ1n) is 6.46. The van der Waals surface area contributed by atoms with E-state index in [2.05, 4.69) is 0 Å². The Morgan fingerprint density at radius 2 is 1.85 bits per heavy atom. The van der Waals surface area contributed by atoms with Gasteiger partial charge in [-0.1, -0.05) is 35.8 Å². The lowest BCUT2D eigenvalue weighted by atomic mass is 9.96. The van der Waals surface area contributed by atoms with Crippen LogP contribution in [0.5, 0.6) is 0 Å². The summed E-state index contributed by atoms with van der Waals surface area (Å²) in [6.07, 6.45) is 0.859. The zero-order valence-electron chi connectivity index (χ0n) is 11.0. The van der Waals surface area contributed by atoms with Crippen molar-refractivity contribution in [1.82, 2.24) is 0 Å². The third-order valence-corrected chi connectivity index (χ3v) is 3.50. The zero-order chi connectivity index (χ0) is 14.1. The van der Waals surface area contributed by atoms with Crippen molar-refractivity contribution in [2.24, 2.45) is 5.84 Å². The maximum Gasteiger partial charge on any atom is 0.343 e. The Hall–Kier alpha value is -2.27. The van der Waals surface area contributed by atoms with E-state index in [1.165, 1.54) is 5.56 Å². The molecule has 0 bridgehead atoms. The fourth-order valence-electron chi connectivity index (χ4n) is 2.41. The third kappa shape index (κ3) is 2.16. The van der Waals surface area contributed by atoms with Gasteiger partial charge in [-0.2, -0.15) is 0 Å². The number of hydrogen-bond donors (Lipinski definition) is 1. The number of amides is 2. The van der Waals surface area contributed by atoms with Gasteiger partial charge in [-0.25, -0.2) is 15.6 Å². The van der Waals surface area contributed by atoms with E-state index in [1.807, 2.05) is 24.3 Å². The number of carbonyl (C=O) groups excluding carboxylic acids is 1. The number of benzene rings is 2. The maximum atomic E-state index is 12.5. The molecule has 0 aromatic heterocycles. The van der Waals surface area contributed by atoms with E-state index in [0.29, 0.717) is 17.7 Å². The molecule has 2 radical (unpaired) electrons. The monoisotopic (exact) mass is 263 g/mol. The van der Waals surface area contributed by atoms with Crippen LogP contribution in [0.3, 0.4) is 0 Å². The predicted octanol–water partition coefficient (Wildman–Crippen LogP) is 1.34. The molecule has 0 saturated carbocycles. The first-order valence-corrected chi connectivity index (χ1v) is 6.46. The normalized spacial score (nSPS) is 13.2. The van der Waals surface area contributed by atoms with Crippen molar-refractivity contribution >= 4 is 30.7 Å². The summed E-state index contributed by atoms with van der Waals surface area (Å²) in [5.74, 6) is 5.93. The Labute approximate surface area is 119 Å². The highest BCUT2D eigenvalue weighted by molar-refractivity contribution is 6.32. The van der Waals surface area contributed by atoms with Crippen LogP contribution in [0, 0.1) is 0 Å². The van der Waals surface area contributed by atoms with Crippen molar-refractivity contribution in [3.63, 3.8) is 0 Å². The molecule has 0 aliphatic carbocycles. The number of anilines is 2. The van der Waals surface area contributed by atoms with Gasteiger partial charge in [-0.05, 0) is 30.2 Å². The van der Waals surface area contributed by atoms with E-state index in [-0.39, 0.29) is 6.03 Å².